The van der Waals surface area contributed by atoms with Crippen molar-refractivity contribution in [2.24, 2.45) is 28.6 Å². The van der Waals surface area contributed by atoms with Crippen molar-refractivity contribution in [3.05, 3.63) is 11.6 Å². The number of ether oxygens (including phenoxy) is 1. The van der Waals surface area contributed by atoms with Gasteiger partial charge in [0, 0.05) is 17.3 Å². The Kier molecular flexibility index (Phi) is 2.88. The molecule has 0 amide bonds. The van der Waals surface area contributed by atoms with Gasteiger partial charge in [-0.15, -0.1) is 0 Å². The molecule has 1 heterocycles. The van der Waals surface area contributed by atoms with Gasteiger partial charge in [-0.25, -0.2) is 4.39 Å². The van der Waals surface area contributed by atoms with Crippen molar-refractivity contribution in [3.63, 3.8) is 0 Å². The summed E-state index contributed by atoms with van der Waals surface area (Å²) in [7, 11) is 0. The molecule has 7 unspecified atom stereocenters. The molecule has 1 spiro atoms. The Labute approximate surface area is 149 Å². The molecule has 4 heteroatoms. The maximum atomic E-state index is 15.2. The van der Waals surface area contributed by atoms with E-state index >= 15 is 4.39 Å². The fourth-order valence-corrected chi connectivity index (χ4v) is 7.54. The van der Waals surface area contributed by atoms with Crippen molar-refractivity contribution in [2.45, 2.75) is 83.3 Å². The van der Waals surface area contributed by atoms with Crippen molar-refractivity contribution < 1.29 is 19.0 Å². The number of carbonyl (C=O) groups is 1. The molecule has 4 aliphatic carbocycles. The summed E-state index contributed by atoms with van der Waals surface area (Å²) in [6.07, 6.45) is 4.02. The predicted octanol–water partition coefficient (Wildman–Crippen LogP) is 3.59. The lowest BCUT2D eigenvalue weighted by molar-refractivity contribution is -0.123. The Morgan fingerprint density at radius 1 is 1.24 bits per heavy atom. The molecule has 1 saturated heterocycles. The molecule has 3 nitrogen and oxygen atoms in total. The highest BCUT2D eigenvalue weighted by atomic mass is 19.1. The number of aliphatic hydroxyl groups is 1. The van der Waals surface area contributed by atoms with E-state index in [1.807, 2.05) is 6.92 Å². The lowest BCUT2D eigenvalue weighted by Gasteiger charge is -2.57. The summed E-state index contributed by atoms with van der Waals surface area (Å²) in [5.41, 5.74) is -0.951. The largest absolute Gasteiger partial charge is 0.389 e. The quantitative estimate of drug-likeness (QED) is 0.681. The molecule has 1 aliphatic heterocycles. The van der Waals surface area contributed by atoms with E-state index in [4.69, 9.17) is 4.74 Å². The molecule has 5 aliphatic rings. The third-order valence-electron chi connectivity index (χ3n) is 9.43. The van der Waals surface area contributed by atoms with E-state index in [1.165, 1.54) is 0 Å². The second kappa shape index (κ2) is 4.39. The molecule has 25 heavy (non-hydrogen) atoms. The van der Waals surface area contributed by atoms with Gasteiger partial charge in [-0.3, -0.25) is 4.79 Å². The Morgan fingerprint density at radius 2 is 1.96 bits per heavy atom. The Balaban J connectivity index is 1.63. The van der Waals surface area contributed by atoms with Gasteiger partial charge >= 0.3 is 0 Å². The van der Waals surface area contributed by atoms with E-state index in [0.29, 0.717) is 24.8 Å². The summed E-state index contributed by atoms with van der Waals surface area (Å²) in [5.74, 6) is 0.691. The highest BCUT2D eigenvalue weighted by Gasteiger charge is 2.81. The van der Waals surface area contributed by atoms with E-state index in [1.54, 1.807) is 6.08 Å². The van der Waals surface area contributed by atoms with Crippen LogP contribution in [0.15, 0.2) is 11.6 Å². The first-order valence-electron chi connectivity index (χ1n) is 9.87. The SMILES string of the molecule is CC1CC2C3C[C@H](F)C4=CC(=O)CCC4(C)C34OC4CC2(C)[C@]1(C)O. The predicted molar refractivity (Wildman–Crippen MR) is 91.7 cm³/mol. The molecule has 0 aromatic rings. The zero-order valence-electron chi connectivity index (χ0n) is 15.6. The third kappa shape index (κ3) is 1.59. The van der Waals surface area contributed by atoms with Crippen LogP contribution in [0, 0.1) is 28.6 Å². The number of ketones is 1. The van der Waals surface area contributed by atoms with Gasteiger partial charge in [-0.05, 0) is 62.0 Å². The third-order valence-corrected chi connectivity index (χ3v) is 9.43. The van der Waals surface area contributed by atoms with E-state index in [-0.39, 0.29) is 46.1 Å². The maximum absolute atomic E-state index is 15.2. The topological polar surface area (TPSA) is 49.8 Å². The number of carbonyl (C=O) groups excluding carboxylic acids is 1. The molecule has 5 rings (SSSR count). The Morgan fingerprint density at radius 3 is 2.68 bits per heavy atom. The lowest BCUT2D eigenvalue weighted by Crippen LogP contribution is -2.61. The molecule has 0 aromatic carbocycles. The van der Waals surface area contributed by atoms with Gasteiger partial charge in [-0.2, -0.15) is 0 Å². The van der Waals surface area contributed by atoms with Crippen LogP contribution in [-0.2, 0) is 9.53 Å². The molecule has 0 bridgehead atoms. The summed E-state index contributed by atoms with van der Waals surface area (Å²) >= 11 is 0. The van der Waals surface area contributed by atoms with E-state index in [0.717, 1.165) is 12.8 Å². The van der Waals surface area contributed by atoms with Crippen molar-refractivity contribution in [2.75, 3.05) is 0 Å². The summed E-state index contributed by atoms with van der Waals surface area (Å²) in [6, 6.07) is 0. The van der Waals surface area contributed by atoms with Crippen LogP contribution in [-0.4, -0.2) is 34.4 Å². The summed E-state index contributed by atoms with van der Waals surface area (Å²) in [6.45, 7) is 8.42. The number of hydrogen-bond acceptors (Lipinski definition) is 3. The highest BCUT2D eigenvalue weighted by molar-refractivity contribution is 5.92. The van der Waals surface area contributed by atoms with Crippen LogP contribution < -0.4 is 0 Å². The Hall–Kier alpha value is -0.740. The number of epoxide rings is 1. The first-order chi connectivity index (χ1) is 11.6. The first kappa shape index (κ1) is 16.4. The molecular formula is C21H29FO3. The minimum absolute atomic E-state index is 0.0558. The zero-order chi connectivity index (χ0) is 18.0. The van der Waals surface area contributed by atoms with Gasteiger partial charge in [0.15, 0.2) is 5.78 Å². The standard InChI is InChI=1S/C21H29FO3/c1-11-7-13-14-9-16(22)15-8-12(23)5-6-18(15,2)21(14)17(25-21)10-19(13,3)20(11,4)24/h8,11,13-14,16-17,24H,5-7,9-10H2,1-4H3/t11?,13?,14?,16-,17?,18?,19?,20+,21?/m0/s1. The van der Waals surface area contributed by atoms with Crippen molar-refractivity contribution in [3.8, 4) is 0 Å². The minimum Gasteiger partial charge on any atom is -0.389 e. The number of fused-ring (bicyclic) bond motifs is 3. The van der Waals surface area contributed by atoms with Crippen LogP contribution in [0.3, 0.4) is 0 Å². The molecule has 1 N–H and O–H groups in total. The van der Waals surface area contributed by atoms with Gasteiger partial charge in [0.2, 0.25) is 0 Å². The van der Waals surface area contributed by atoms with Crippen LogP contribution in [0.25, 0.3) is 0 Å². The van der Waals surface area contributed by atoms with Crippen LogP contribution in [0.2, 0.25) is 0 Å². The summed E-state index contributed by atoms with van der Waals surface area (Å²) in [5, 5.41) is 11.2. The number of halogens is 1. The van der Waals surface area contributed by atoms with Gasteiger partial charge in [0.05, 0.1) is 11.7 Å². The average molecular weight is 348 g/mol. The molecule has 0 aromatic heterocycles. The monoisotopic (exact) mass is 348 g/mol. The average Bonchev–Trinajstić information content (AvgIpc) is 3.22. The zero-order valence-corrected chi connectivity index (χ0v) is 15.6. The van der Waals surface area contributed by atoms with Crippen LogP contribution in [0.5, 0.6) is 0 Å². The smallest absolute Gasteiger partial charge is 0.155 e. The fourth-order valence-electron chi connectivity index (χ4n) is 7.54. The Bertz CT molecular complexity index is 699. The second-order valence-corrected chi connectivity index (χ2v) is 10.1. The molecule has 9 atom stereocenters. The number of rotatable bonds is 0. The van der Waals surface area contributed by atoms with Gasteiger partial charge in [0.25, 0.3) is 0 Å². The van der Waals surface area contributed by atoms with E-state index in [2.05, 4.69) is 20.8 Å². The summed E-state index contributed by atoms with van der Waals surface area (Å²) in [4.78, 5) is 11.9. The van der Waals surface area contributed by atoms with Crippen molar-refractivity contribution in [1.29, 1.82) is 0 Å². The molecule has 4 fully saturated rings. The van der Waals surface area contributed by atoms with Gasteiger partial charge in [-0.1, -0.05) is 20.8 Å². The van der Waals surface area contributed by atoms with Crippen LogP contribution in [0.1, 0.15) is 59.8 Å². The molecule has 3 saturated carbocycles. The molecule has 0 radical (unpaired) electrons. The number of hydrogen-bond donors (Lipinski definition) is 1. The fraction of sp³-hybridized carbons (Fsp3) is 0.857. The van der Waals surface area contributed by atoms with E-state index < -0.39 is 11.8 Å². The van der Waals surface area contributed by atoms with Gasteiger partial charge in [0.1, 0.15) is 11.8 Å². The highest BCUT2D eigenvalue weighted by Crippen LogP contribution is 2.77. The van der Waals surface area contributed by atoms with E-state index in [9.17, 15) is 9.90 Å². The maximum Gasteiger partial charge on any atom is 0.155 e. The lowest BCUT2D eigenvalue weighted by atomic mass is 9.46. The van der Waals surface area contributed by atoms with Crippen LogP contribution >= 0.6 is 0 Å². The number of alkyl halides is 1. The first-order valence-corrected chi connectivity index (χ1v) is 9.87. The van der Waals surface area contributed by atoms with Gasteiger partial charge < -0.3 is 9.84 Å². The van der Waals surface area contributed by atoms with Crippen LogP contribution in [0.4, 0.5) is 4.39 Å². The molecular weight excluding hydrogens is 319 g/mol. The van der Waals surface area contributed by atoms with Crippen molar-refractivity contribution in [1.82, 2.24) is 0 Å². The normalized spacial score (nSPS) is 62.4. The molecule has 138 valence electrons. The van der Waals surface area contributed by atoms with Crippen molar-refractivity contribution >= 4 is 5.78 Å². The minimum atomic E-state index is -1.06. The summed E-state index contributed by atoms with van der Waals surface area (Å²) < 4.78 is 21.7. The second-order valence-electron chi connectivity index (χ2n) is 10.1.